The molecule has 0 aliphatic heterocycles. The maximum absolute atomic E-state index is 13.0. The Morgan fingerprint density at radius 1 is 0.812 bits per heavy atom. The predicted octanol–water partition coefficient (Wildman–Crippen LogP) is 6.23. The van der Waals surface area contributed by atoms with Crippen molar-refractivity contribution in [3.63, 3.8) is 0 Å². The largest absolute Gasteiger partial charge is 0.416 e. The van der Waals surface area contributed by atoms with Gasteiger partial charge in [-0.05, 0) is 59.7 Å². The van der Waals surface area contributed by atoms with E-state index in [9.17, 15) is 34.8 Å². The molecule has 1 N–H and O–H groups in total. The number of nitrogens with zero attached hydrogens (tertiary/aromatic N) is 1. The Morgan fingerprint density at radius 2 is 1.38 bits per heavy atom. The highest BCUT2D eigenvalue weighted by Crippen LogP contribution is 2.37. The number of pyridine rings is 1. The van der Waals surface area contributed by atoms with Crippen LogP contribution in [0.1, 0.15) is 16.8 Å². The number of nitrogens with one attached hydrogen (secondary N) is 1. The topological polar surface area (TPSA) is 59.1 Å². The second-order valence-corrected chi connectivity index (χ2v) is 8.28. The molecule has 0 fully saturated rings. The van der Waals surface area contributed by atoms with Crippen molar-refractivity contribution >= 4 is 21.8 Å². The van der Waals surface area contributed by atoms with Crippen LogP contribution in [0.3, 0.4) is 0 Å². The molecular weight excluding hydrogens is 458 g/mol. The lowest BCUT2D eigenvalue weighted by molar-refractivity contribution is -0.143. The van der Waals surface area contributed by atoms with Crippen LogP contribution in [-0.4, -0.2) is 13.4 Å². The number of hydrogen-bond acceptors (Lipinski definition) is 3. The molecule has 0 radical (unpaired) electrons. The molecule has 3 rings (SSSR count). The van der Waals surface area contributed by atoms with Crippen LogP contribution in [0.25, 0.3) is 17.2 Å². The van der Waals surface area contributed by atoms with Gasteiger partial charge in [-0.3, -0.25) is 9.71 Å². The minimum atomic E-state index is -5.16. The summed E-state index contributed by atoms with van der Waals surface area (Å²) in [7, 11) is -4.74. The lowest BCUT2D eigenvalue weighted by Crippen LogP contribution is -2.17. The van der Waals surface area contributed by atoms with Crippen molar-refractivity contribution in [3.8, 4) is 11.1 Å². The lowest BCUT2D eigenvalue weighted by Gasteiger charge is -2.15. The smallest absolute Gasteiger partial charge is 0.280 e. The standard InChI is InChI=1S/C21H14F6N2O2S/c1-2-17-9-14(7-8-28-17)13-3-5-18(6-4-13)29-32(30,31)19-11-15(20(22,23)24)10-16(12-19)21(25,26)27/h2-12,29H,1H2. The summed E-state index contributed by atoms with van der Waals surface area (Å²) in [5, 5.41) is 0. The maximum Gasteiger partial charge on any atom is 0.416 e. The summed E-state index contributed by atoms with van der Waals surface area (Å²) in [6, 6.07) is 9.33. The van der Waals surface area contributed by atoms with Crippen LogP contribution in [0.2, 0.25) is 0 Å². The summed E-state index contributed by atoms with van der Waals surface area (Å²) in [6.45, 7) is 3.61. The van der Waals surface area contributed by atoms with Gasteiger partial charge in [-0.2, -0.15) is 26.3 Å². The van der Waals surface area contributed by atoms with Gasteiger partial charge in [-0.25, -0.2) is 8.42 Å². The quantitative estimate of drug-likeness (QED) is 0.448. The van der Waals surface area contributed by atoms with Crippen LogP contribution < -0.4 is 4.72 Å². The molecule has 0 bridgehead atoms. The molecule has 1 heterocycles. The van der Waals surface area contributed by atoms with Crippen molar-refractivity contribution in [1.82, 2.24) is 4.98 Å². The average Bonchev–Trinajstić information content (AvgIpc) is 2.72. The first-order valence-corrected chi connectivity index (χ1v) is 10.3. The van der Waals surface area contributed by atoms with E-state index in [1.54, 1.807) is 18.3 Å². The van der Waals surface area contributed by atoms with Gasteiger partial charge >= 0.3 is 12.4 Å². The molecule has 0 aliphatic carbocycles. The summed E-state index contributed by atoms with van der Waals surface area (Å²) in [4.78, 5) is 2.90. The van der Waals surface area contributed by atoms with Crippen LogP contribution in [0.4, 0.5) is 32.0 Å². The van der Waals surface area contributed by atoms with E-state index in [1.165, 1.54) is 30.3 Å². The SMILES string of the molecule is C=Cc1cc(-c2ccc(NS(=O)(=O)c3cc(C(F)(F)F)cc(C(F)(F)F)c3)cc2)ccn1. The summed E-state index contributed by atoms with van der Waals surface area (Å²) in [5.74, 6) is 0. The minimum Gasteiger partial charge on any atom is -0.280 e. The Hall–Kier alpha value is -3.34. The fourth-order valence-electron chi connectivity index (χ4n) is 2.77. The molecule has 4 nitrogen and oxygen atoms in total. The number of anilines is 1. The minimum absolute atomic E-state index is 0.0438. The molecule has 11 heteroatoms. The monoisotopic (exact) mass is 472 g/mol. The van der Waals surface area contributed by atoms with Gasteiger partial charge in [0.25, 0.3) is 10.0 Å². The number of hydrogen-bond donors (Lipinski definition) is 1. The molecule has 168 valence electrons. The van der Waals surface area contributed by atoms with Crippen LogP contribution in [0, 0.1) is 0 Å². The second-order valence-electron chi connectivity index (χ2n) is 6.60. The van der Waals surface area contributed by atoms with Gasteiger partial charge in [-0.15, -0.1) is 0 Å². The van der Waals surface area contributed by atoms with Gasteiger partial charge in [0.1, 0.15) is 0 Å². The number of benzene rings is 2. The van der Waals surface area contributed by atoms with Crippen LogP contribution in [0.5, 0.6) is 0 Å². The Kier molecular flexibility index (Phi) is 6.05. The van der Waals surface area contributed by atoms with E-state index >= 15 is 0 Å². The van der Waals surface area contributed by atoms with E-state index in [0.717, 1.165) is 5.56 Å². The molecule has 32 heavy (non-hydrogen) atoms. The highest BCUT2D eigenvalue weighted by atomic mass is 32.2. The third-order valence-electron chi connectivity index (χ3n) is 4.33. The molecule has 1 aromatic heterocycles. The maximum atomic E-state index is 13.0. The van der Waals surface area contributed by atoms with Gasteiger partial charge in [0, 0.05) is 11.9 Å². The van der Waals surface area contributed by atoms with Crippen molar-refractivity contribution in [3.05, 3.63) is 84.2 Å². The van der Waals surface area contributed by atoms with Crippen molar-refractivity contribution in [1.29, 1.82) is 0 Å². The Balaban J connectivity index is 1.94. The fraction of sp³-hybridized carbons (Fsp3) is 0.0952. The molecule has 0 amide bonds. The van der Waals surface area contributed by atoms with Crippen LogP contribution >= 0.6 is 0 Å². The van der Waals surface area contributed by atoms with E-state index in [-0.39, 0.29) is 23.9 Å². The van der Waals surface area contributed by atoms with E-state index in [2.05, 4.69) is 11.6 Å². The van der Waals surface area contributed by atoms with E-state index in [4.69, 9.17) is 0 Å². The van der Waals surface area contributed by atoms with Crippen LogP contribution in [0.15, 0.2) is 72.3 Å². The zero-order valence-electron chi connectivity index (χ0n) is 16.0. The van der Waals surface area contributed by atoms with Crippen molar-refractivity contribution in [2.45, 2.75) is 17.2 Å². The third-order valence-corrected chi connectivity index (χ3v) is 5.69. The van der Waals surface area contributed by atoms with Crippen molar-refractivity contribution < 1.29 is 34.8 Å². The Bertz CT molecular complexity index is 1220. The van der Waals surface area contributed by atoms with Gasteiger partial charge in [0.15, 0.2) is 0 Å². The summed E-state index contributed by atoms with van der Waals surface area (Å²) >= 11 is 0. The molecule has 0 aliphatic rings. The van der Waals surface area contributed by atoms with Gasteiger partial charge < -0.3 is 0 Å². The average molecular weight is 472 g/mol. The first kappa shape index (κ1) is 23.3. The first-order valence-electron chi connectivity index (χ1n) is 8.81. The first-order chi connectivity index (χ1) is 14.8. The van der Waals surface area contributed by atoms with Gasteiger partial charge in [-0.1, -0.05) is 18.7 Å². The zero-order valence-corrected chi connectivity index (χ0v) is 16.8. The Morgan fingerprint density at radius 3 is 1.88 bits per heavy atom. The molecule has 2 aromatic carbocycles. The highest BCUT2D eigenvalue weighted by Gasteiger charge is 2.38. The lowest BCUT2D eigenvalue weighted by atomic mass is 10.1. The van der Waals surface area contributed by atoms with Crippen molar-refractivity contribution in [2.75, 3.05) is 4.72 Å². The fourth-order valence-corrected chi connectivity index (χ4v) is 3.89. The van der Waals surface area contributed by atoms with Crippen LogP contribution in [-0.2, 0) is 22.4 Å². The Labute approximate surface area is 179 Å². The van der Waals surface area contributed by atoms with Crippen molar-refractivity contribution in [2.24, 2.45) is 0 Å². The summed E-state index contributed by atoms with van der Waals surface area (Å²) in [5.41, 5.74) is -1.46. The molecule has 0 saturated heterocycles. The highest BCUT2D eigenvalue weighted by molar-refractivity contribution is 7.92. The van der Waals surface area contributed by atoms with E-state index < -0.39 is 38.4 Å². The number of rotatable bonds is 5. The molecule has 3 aromatic rings. The number of alkyl halides is 6. The van der Waals surface area contributed by atoms with Gasteiger partial charge in [0.2, 0.25) is 0 Å². The molecular formula is C21H14F6N2O2S. The number of aromatic nitrogens is 1. The van der Waals surface area contributed by atoms with E-state index in [0.29, 0.717) is 11.3 Å². The molecule has 0 unspecified atom stereocenters. The molecule has 0 atom stereocenters. The van der Waals surface area contributed by atoms with E-state index in [1.807, 2.05) is 4.72 Å². The normalized spacial score (nSPS) is 12.4. The number of sulfonamides is 1. The second kappa shape index (κ2) is 8.30. The zero-order chi connectivity index (χ0) is 23.7. The van der Waals surface area contributed by atoms with Gasteiger partial charge in [0.05, 0.1) is 21.7 Å². The summed E-state index contributed by atoms with van der Waals surface area (Å²) in [6.07, 6.45) is -7.24. The molecule has 0 spiro atoms. The molecule has 0 saturated carbocycles. The third kappa shape index (κ3) is 5.28. The summed E-state index contributed by atoms with van der Waals surface area (Å²) < 4.78 is 105. The number of halogens is 6. The predicted molar refractivity (Wildman–Crippen MR) is 107 cm³/mol.